The number of carbonyl (C=O) groups is 1. The van der Waals surface area contributed by atoms with Gasteiger partial charge >= 0.3 is 0 Å². The fourth-order valence-electron chi connectivity index (χ4n) is 2.82. The lowest BCUT2D eigenvalue weighted by Gasteiger charge is -2.10. The van der Waals surface area contributed by atoms with Crippen LogP contribution in [0.3, 0.4) is 0 Å². The topological polar surface area (TPSA) is 59.8 Å². The van der Waals surface area contributed by atoms with Crippen LogP contribution in [-0.4, -0.2) is 26.4 Å². The van der Waals surface area contributed by atoms with Crippen LogP contribution in [0.2, 0.25) is 0 Å². The lowest BCUT2D eigenvalue weighted by molar-refractivity contribution is -0.113. The SMILES string of the molecule is Cc1cc(Br)ccc1NC(=O)CSc1nnc(-c2cccs2)n1-c1ccccc1. The highest BCUT2D eigenvalue weighted by Crippen LogP contribution is 2.30. The number of aryl methyl sites for hydroxylation is 1. The minimum atomic E-state index is -0.0827. The Bertz CT molecular complexity index is 1130. The average Bonchev–Trinajstić information content (AvgIpc) is 3.38. The van der Waals surface area contributed by atoms with Gasteiger partial charge in [-0.25, -0.2) is 0 Å². The summed E-state index contributed by atoms with van der Waals surface area (Å²) >= 11 is 6.42. The lowest BCUT2D eigenvalue weighted by atomic mass is 10.2. The first-order chi connectivity index (χ1) is 14.1. The summed E-state index contributed by atoms with van der Waals surface area (Å²) in [6, 6.07) is 19.7. The average molecular weight is 485 g/mol. The Labute approximate surface area is 185 Å². The van der Waals surface area contributed by atoms with Gasteiger partial charge in [0.25, 0.3) is 0 Å². The Kier molecular flexibility index (Phi) is 6.13. The van der Waals surface area contributed by atoms with E-state index in [1.54, 1.807) is 11.3 Å². The third-order valence-corrected chi connectivity index (χ3v) is 6.47. The molecule has 0 aliphatic carbocycles. The molecule has 0 atom stereocenters. The lowest BCUT2D eigenvalue weighted by Crippen LogP contribution is -2.15. The van der Waals surface area contributed by atoms with Gasteiger partial charge in [0.15, 0.2) is 11.0 Å². The molecule has 8 heteroatoms. The molecule has 0 saturated carbocycles. The fourth-order valence-corrected chi connectivity index (χ4v) is 4.75. The Morgan fingerprint density at radius 2 is 1.97 bits per heavy atom. The van der Waals surface area contributed by atoms with Crippen molar-refractivity contribution in [1.82, 2.24) is 14.8 Å². The second-order valence-electron chi connectivity index (χ2n) is 6.25. The molecule has 0 aliphatic rings. The summed E-state index contributed by atoms with van der Waals surface area (Å²) < 4.78 is 2.98. The third kappa shape index (κ3) is 4.60. The zero-order valence-corrected chi connectivity index (χ0v) is 18.7. The molecule has 2 aromatic carbocycles. The van der Waals surface area contributed by atoms with Crippen LogP contribution >= 0.6 is 39.0 Å². The standard InChI is InChI=1S/C21H17BrN4OS2/c1-14-12-15(22)9-10-17(14)23-19(27)13-29-21-25-24-20(18-8-5-11-28-18)26(21)16-6-3-2-4-7-16/h2-12H,13H2,1H3,(H,23,27). The van der Waals surface area contributed by atoms with E-state index >= 15 is 0 Å². The van der Waals surface area contributed by atoms with Crippen molar-refractivity contribution in [3.05, 3.63) is 76.1 Å². The molecule has 1 N–H and O–H groups in total. The van der Waals surface area contributed by atoms with E-state index in [1.165, 1.54) is 11.8 Å². The van der Waals surface area contributed by atoms with Crippen molar-refractivity contribution in [3.8, 4) is 16.4 Å². The quantitative estimate of drug-likeness (QED) is 0.351. The number of halogens is 1. The number of para-hydroxylation sites is 1. The number of carbonyl (C=O) groups excluding carboxylic acids is 1. The van der Waals surface area contributed by atoms with E-state index in [2.05, 4.69) is 31.4 Å². The molecule has 5 nitrogen and oxygen atoms in total. The maximum atomic E-state index is 12.5. The molecule has 4 rings (SSSR count). The number of nitrogens with zero attached hydrogens (tertiary/aromatic N) is 3. The summed E-state index contributed by atoms with van der Waals surface area (Å²) in [6.45, 7) is 1.97. The summed E-state index contributed by atoms with van der Waals surface area (Å²) in [5.74, 6) is 0.934. The van der Waals surface area contributed by atoms with E-state index < -0.39 is 0 Å². The number of anilines is 1. The van der Waals surface area contributed by atoms with E-state index in [0.29, 0.717) is 5.16 Å². The molecule has 0 bridgehead atoms. The van der Waals surface area contributed by atoms with Gasteiger partial charge < -0.3 is 5.32 Å². The predicted molar refractivity (Wildman–Crippen MR) is 123 cm³/mol. The van der Waals surface area contributed by atoms with Crippen molar-refractivity contribution in [3.63, 3.8) is 0 Å². The van der Waals surface area contributed by atoms with Crippen LogP contribution in [0.1, 0.15) is 5.56 Å². The number of amides is 1. The smallest absolute Gasteiger partial charge is 0.234 e. The summed E-state index contributed by atoms with van der Waals surface area (Å²) in [5, 5.41) is 14.4. The molecule has 0 fully saturated rings. The number of nitrogens with one attached hydrogen (secondary N) is 1. The summed E-state index contributed by atoms with van der Waals surface area (Å²) in [6.07, 6.45) is 0. The molecular weight excluding hydrogens is 468 g/mol. The van der Waals surface area contributed by atoms with Crippen LogP contribution in [0.5, 0.6) is 0 Å². The normalized spacial score (nSPS) is 10.8. The fraction of sp³-hybridized carbons (Fsp3) is 0.0952. The monoisotopic (exact) mass is 484 g/mol. The predicted octanol–water partition coefficient (Wildman–Crippen LogP) is 5.80. The van der Waals surface area contributed by atoms with E-state index in [1.807, 2.05) is 77.5 Å². The number of hydrogen-bond donors (Lipinski definition) is 1. The van der Waals surface area contributed by atoms with E-state index in [-0.39, 0.29) is 11.7 Å². The number of aromatic nitrogens is 3. The minimum Gasteiger partial charge on any atom is -0.325 e. The minimum absolute atomic E-state index is 0.0827. The first kappa shape index (κ1) is 19.9. The zero-order chi connectivity index (χ0) is 20.2. The summed E-state index contributed by atoms with van der Waals surface area (Å²) in [4.78, 5) is 13.5. The molecule has 29 heavy (non-hydrogen) atoms. The van der Waals surface area contributed by atoms with Gasteiger partial charge in [0.1, 0.15) is 0 Å². The van der Waals surface area contributed by atoms with Gasteiger partial charge in [-0.3, -0.25) is 9.36 Å². The van der Waals surface area contributed by atoms with Crippen LogP contribution in [0.4, 0.5) is 5.69 Å². The highest BCUT2D eigenvalue weighted by atomic mass is 79.9. The molecule has 0 aliphatic heterocycles. The summed E-state index contributed by atoms with van der Waals surface area (Å²) in [7, 11) is 0. The molecule has 0 unspecified atom stereocenters. The molecule has 0 spiro atoms. The van der Waals surface area contributed by atoms with Crippen molar-refractivity contribution in [1.29, 1.82) is 0 Å². The molecule has 0 radical (unpaired) electrons. The number of hydrogen-bond acceptors (Lipinski definition) is 5. The van der Waals surface area contributed by atoms with Crippen molar-refractivity contribution in [2.75, 3.05) is 11.1 Å². The highest BCUT2D eigenvalue weighted by molar-refractivity contribution is 9.10. The Hall–Kier alpha value is -2.42. The van der Waals surface area contributed by atoms with E-state index in [9.17, 15) is 4.79 Å². The van der Waals surface area contributed by atoms with Gasteiger partial charge in [-0.05, 0) is 54.3 Å². The van der Waals surface area contributed by atoms with Crippen molar-refractivity contribution < 1.29 is 4.79 Å². The Morgan fingerprint density at radius 3 is 2.69 bits per heavy atom. The van der Waals surface area contributed by atoms with Crippen LogP contribution < -0.4 is 5.32 Å². The first-order valence-electron chi connectivity index (χ1n) is 8.85. The second-order valence-corrected chi connectivity index (χ2v) is 9.06. The van der Waals surface area contributed by atoms with Gasteiger partial charge in [0, 0.05) is 15.8 Å². The number of benzene rings is 2. The third-order valence-electron chi connectivity index (χ3n) is 4.18. The molecule has 146 valence electrons. The van der Waals surface area contributed by atoms with Crippen LogP contribution in [0.25, 0.3) is 16.4 Å². The van der Waals surface area contributed by atoms with Gasteiger partial charge in [-0.2, -0.15) is 0 Å². The van der Waals surface area contributed by atoms with Crippen molar-refractivity contribution >= 4 is 50.6 Å². The molecule has 2 heterocycles. The Morgan fingerprint density at radius 1 is 1.14 bits per heavy atom. The number of thioether (sulfide) groups is 1. The molecule has 0 saturated heterocycles. The van der Waals surface area contributed by atoms with Crippen LogP contribution in [-0.2, 0) is 4.79 Å². The van der Waals surface area contributed by atoms with Crippen molar-refractivity contribution in [2.24, 2.45) is 0 Å². The van der Waals surface area contributed by atoms with Crippen molar-refractivity contribution in [2.45, 2.75) is 12.1 Å². The Balaban J connectivity index is 1.55. The molecule has 1 amide bonds. The molecule has 4 aromatic rings. The molecule has 2 aromatic heterocycles. The van der Waals surface area contributed by atoms with Gasteiger partial charge in [-0.1, -0.05) is 52.0 Å². The van der Waals surface area contributed by atoms with Gasteiger partial charge in [0.05, 0.1) is 10.6 Å². The van der Waals surface area contributed by atoms with Gasteiger partial charge in [0.2, 0.25) is 5.91 Å². The zero-order valence-electron chi connectivity index (χ0n) is 15.5. The van der Waals surface area contributed by atoms with Crippen LogP contribution in [0, 0.1) is 6.92 Å². The van der Waals surface area contributed by atoms with E-state index in [4.69, 9.17) is 0 Å². The number of thiophene rings is 1. The second kappa shape index (κ2) is 8.94. The summed E-state index contributed by atoms with van der Waals surface area (Å²) in [5.41, 5.74) is 2.78. The molecular formula is C21H17BrN4OS2. The van der Waals surface area contributed by atoms with Crippen LogP contribution in [0.15, 0.2) is 75.7 Å². The number of rotatable bonds is 6. The van der Waals surface area contributed by atoms with E-state index in [0.717, 1.165) is 32.1 Å². The maximum Gasteiger partial charge on any atom is 0.234 e. The highest BCUT2D eigenvalue weighted by Gasteiger charge is 2.18. The van der Waals surface area contributed by atoms with Gasteiger partial charge in [-0.15, -0.1) is 21.5 Å². The first-order valence-corrected chi connectivity index (χ1v) is 11.5. The largest absolute Gasteiger partial charge is 0.325 e. The maximum absolute atomic E-state index is 12.5.